The molecule has 2 rings (SSSR count). The van der Waals surface area contributed by atoms with Gasteiger partial charge in [0.05, 0.1) is 0 Å². The number of aromatic nitrogens is 3. The van der Waals surface area contributed by atoms with Gasteiger partial charge in [-0.3, -0.25) is 0 Å². The highest BCUT2D eigenvalue weighted by Crippen LogP contribution is 2.16. The Hall–Kier alpha value is -2.04. The summed E-state index contributed by atoms with van der Waals surface area (Å²) in [4.78, 5) is 4.20. The van der Waals surface area contributed by atoms with Crippen LogP contribution in [0.2, 0.25) is 0 Å². The highest BCUT2D eigenvalue weighted by molar-refractivity contribution is 5.45. The molecule has 1 heterocycles. The van der Waals surface area contributed by atoms with E-state index in [-0.39, 0.29) is 6.04 Å². The van der Waals surface area contributed by atoms with Gasteiger partial charge in [-0.1, -0.05) is 0 Å². The highest BCUT2D eigenvalue weighted by Gasteiger charge is 2.07. The summed E-state index contributed by atoms with van der Waals surface area (Å²) >= 11 is 0. The lowest BCUT2D eigenvalue weighted by Gasteiger charge is -2.10. The third-order valence-electron chi connectivity index (χ3n) is 2.65. The molecule has 0 saturated carbocycles. The van der Waals surface area contributed by atoms with E-state index in [9.17, 15) is 0 Å². The van der Waals surface area contributed by atoms with Crippen LogP contribution in [0.3, 0.4) is 0 Å². The Kier molecular flexibility index (Phi) is 3.82. The molecule has 0 saturated heterocycles. The molecule has 0 spiro atoms. The Morgan fingerprint density at radius 2 is 2.00 bits per heavy atom. The lowest BCUT2D eigenvalue weighted by Crippen LogP contribution is -2.10. The van der Waals surface area contributed by atoms with Crippen molar-refractivity contribution in [1.29, 1.82) is 0 Å². The second-order valence-electron chi connectivity index (χ2n) is 4.28. The fourth-order valence-corrected chi connectivity index (χ4v) is 1.67. The Bertz CT molecular complexity index is 490. The van der Waals surface area contributed by atoms with Gasteiger partial charge < -0.3 is 10.1 Å². The average Bonchev–Trinajstić information content (AvgIpc) is 2.85. The predicted octanol–water partition coefficient (Wildman–Crippen LogP) is 2.48. The summed E-state index contributed by atoms with van der Waals surface area (Å²) in [5.41, 5.74) is 1.06. The highest BCUT2D eigenvalue weighted by atomic mass is 16.5. The van der Waals surface area contributed by atoms with E-state index >= 15 is 0 Å². The van der Waals surface area contributed by atoms with Crippen LogP contribution in [0.1, 0.15) is 25.7 Å². The van der Waals surface area contributed by atoms with Crippen molar-refractivity contribution in [1.82, 2.24) is 14.8 Å². The zero-order valence-corrected chi connectivity index (χ0v) is 10.9. The monoisotopic (exact) mass is 246 g/mol. The molecular formula is C13H18N4O. The molecule has 2 aromatic rings. The molecule has 1 N–H and O–H groups in total. The second kappa shape index (κ2) is 5.53. The first-order valence-electron chi connectivity index (χ1n) is 5.99. The molecule has 0 atom stereocenters. The Balaban J connectivity index is 2.00. The van der Waals surface area contributed by atoms with E-state index in [1.807, 2.05) is 36.0 Å². The molecule has 96 valence electrons. The van der Waals surface area contributed by atoms with Crippen LogP contribution in [0.15, 0.2) is 30.6 Å². The zero-order valence-electron chi connectivity index (χ0n) is 10.9. The number of ether oxygens (including phenoxy) is 1. The van der Waals surface area contributed by atoms with Gasteiger partial charge in [0.1, 0.15) is 18.7 Å². The van der Waals surface area contributed by atoms with E-state index in [0.717, 1.165) is 17.3 Å². The topological polar surface area (TPSA) is 52.0 Å². The minimum atomic E-state index is 0.290. The number of nitrogens with zero attached hydrogens (tertiary/aromatic N) is 3. The molecule has 0 bridgehead atoms. The second-order valence-corrected chi connectivity index (χ2v) is 4.28. The molecule has 0 aliphatic rings. The third kappa shape index (κ3) is 2.80. The zero-order chi connectivity index (χ0) is 13.0. The maximum Gasteiger partial charge on any atom is 0.165 e. The van der Waals surface area contributed by atoms with Crippen molar-refractivity contribution in [3.63, 3.8) is 0 Å². The van der Waals surface area contributed by atoms with Gasteiger partial charge in [-0.25, -0.2) is 9.67 Å². The van der Waals surface area contributed by atoms with Crippen molar-refractivity contribution in [3.8, 4) is 5.75 Å². The van der Waals surface area contributed by atoms with Crippen LogP contribution >= 0.6 is 0 Å². The summed E-state index contributed by atoms with van der Waals surface area (Å²) in [6, 6.07) is 8.10. The molecule has 0 aliphatic heterocycles. The van der Waals surface area contributed by atoms with Gasteiger partial charge in [-0.05, 0) is 38.1 Å². The normalized spacial score (nSPS) is 10.7. The third-order valence-corrected chi connectivity index (χ3v) is 2.65. The van der Waals surface area contributed by atoms with E-state index in [4.69, 9.17) is 4.74 Å². The van der Waals surface area contributed by atoms with Crippen LogP contribution in [-0.4, -0.2) is 21.8 Å². The van der Waals surface area contributed by atoms with Crippen molar-refractivity contribution in [2.24, 2.45) is 0 Å². The maximum atomic E-state index is 5.69. The van der Waals surface area contributed by atoms with Crippen LogP contribution in [0.5, 0.6) is 5.75 Å². The van der Waals surface area contributed by atoms with E-state index in [1.54, 1.807) is 6.33 Å². The van der Waals surface area contributed by atoms with E-state index < -0.39 is 0 Å². The maximum absolute atomic E-state index is 5.69. The number of hydrogen-bond acceptors (Lipinski definition) is 4. The first-order valence-corrected chi connectivity index (χ1v) is 5.99. The fraction of sp³-hybridized carbons (Fsp3) is 0.385. The van der Waals surface area contributed by atoms with Crippen molar-refractivity contribution >= 4 is 5.69 Å². The van der Waals surface area contributed by atoms with Crippen LogP contribution in [0.25, 0.3) is 0 Å². The quantitative estimate of drug-likeness (QED) is 0.880. The van der Waals surface area contributed by atoms with Crippen molar-refractivity contribution < 1.29 is 4.74 Å². The molecule has 5 nitrogen and oxygen atoms in total. The van der Waals surface area contributed by atoms with Gasteiger partial charge in [-0.2, -0.15) is 5.10 Å². The van der Waals surface area contributed by atoms with Gasteiger partial charge in [0, 0.05) is 18.8 Å². The Labute approximate surface area is 107 Å². The van der Waals surface area contributed by atoms with E-state index in [1.165, 1.54) is 0 Å². The molecule has 18 heavy (non-hydrogen) atoms. The molecule has 0 amide bonds. The minimum Gasteiger partial charge on any atom is -0.486 e. The van der Waals surface area contributed by atoms with Crippen LogP contribution in [-0.2, 0) is 6.61 Å². The van der Waals surface area contributed by atoms with Gasteiger partial charge in [-0.15, -0.1) is 0 Å². The average molecular weight is 246 g/mol. The number of hydrogen-bond donors (Lipinski definition) is 1. The minimum absolute atomic E-state index is 0.290. The molecule has 0 fully saturated rings. The van der Waals surface area contributed by atoms with Crippen molar-refractivity contribution in [2.45, 2.75) is 26.5 Å². The smallest absolute Gasteiger partial charge is 0.165 e. The van der Waals surface area contributed by atoms with Gasteiger partial charge >= 0.3 is 0 Å². The SMILES string of the molecule is CNc1ccc(OCc2ncnn2C(C)C)cc1. The molecular weight excluding hydrogens is 228 g/mol. The van der Waals surface area contributed by atoms with Crippen molar-refractivity contribution in [2.75, 3.05) is 12.4 Å². The lowest BCUT2D eigenvalue weighted by molar-refractivity contribution is 0.282. The van der Waals surface area contributed by atoms with Crippen LogP contribution in [0.4, 0.5) is 5.69 Å². The summed E-state index contributed by atoms with van der Waals surface area (Å²) in [6.45, 7) is 4.57. The van der Waals surface area contributed by atoms with E-state index in [2.05, 4.69) is 29.2 Å². The summed E-state index contributed by atoms with van der Waals surface area (Å²) in [5, 5.41) is 7.24. The molecule has 1 aromatic carbocycles. The van der Waals surface area contributed by atoms with Crippen LogP contribution < -0.4 is 10.1 Å². The summed E-state index contributed by atoms with van der Waals surface area (Å²) < 4.78 is 7.55. The number of anilines is 1. The molecule has 1 aromatic heterocycles. The van der Waals surface area contributed by atoms with Gasteiger partial charge in [0.25, 0.3) is 0 Å². The molecule has 0 aliphatic carbocycles. The number of nitrogens with one attached hydrogen (secondary N) is 1. The molecule has 0 unspecified atom stereocenters. The van der Waals surface area contributed by atoms with Gasteiger partial charge in [0.2, 0.25) is 0 Å². The first kappa shape index (κ1) is 12.4. The fourth-order valence-electron chi connectivity index (χ4n) is 1.67. The summed E-state index contributed by atoms with van der Waals surface area (Å²) in [7, 11) is 1.89. The number of benzene rings is 1. The Morgan fingerprint density at radius 1 is 1.28 bits per heavy atom. The van der Waals surface area contributed by atoms with Gasteiger partial charge in [0.15, 0.2) is 5.82 Å². The largest absolute Gasteiger partial charge is 0.486 e. The first-order chi connectivity index (χ1) is 8.70. The Morgan fingerprint density at radius 3 is 2.61 bits per heavy atom. The standard InChI is InChI=1S/C13H18N4O/c1-10(2)17-13(15-9-16-17)8-18-12-6-4-11(14-3)5-7-12/h4-7,9-10,14H,8H2,1-3H3. The molecule has 0 radical (unpaired) electrons. The lowest BCUT2D eigenvalue weighted by atomic mass is 10.3. The summed E-state index contributed by atoms with van der Waals surface area (Å²) in [5.74, 6) is 1.66. The van der Waals surface area contributed by atoms with Crippen molar-refractivity contribution in [3.05, 3.63) is 36.4 Å². The summed E-state index contributed by atoms with van der Waals surface area (Å²) in [6.07, 6.45) is 1.56. The van der Waals surface area contributed by atoms with Crippen LogP contribution in [0, 0.1) is 0 Å². The number of rotatable bonds is 5. The van der Waals surface area contributed by atoms with E-state index in [0.29, 0.717) is 6.61 Å². The predicted molar refractivity (Wildman–Crippen MR) is 70.7 cm³/mol. The molecule has 5 heteroatoms.